The van der Waals surface area contributed by atoms with Gasteiger partial charge >= 0.3 is 0 Å². The first-order valence-corrected chi connectivity index (χ1v) is 14.3. The van der Waals surface area contributed by atoms with Crippen molar-refractivity contribution in [2.24, 2.45) is 17.8 Å². The molecule has 3 fully saturated rings. The van der Waals surface area contributed by atoms with Gasteiger partial charge in [0.1, 0.15) is 11.8 Å². The van der Waals surface area contributed by atoms with E-state index in [0.29, 0.717) is 25.1 Å². The molecule has 1 spiro atoms. The molecule has 1 aromatic carbocycles. The van der Waals surface area contributed by atoms with Crippen LogP contribution in [0.2, 0.25) is 0 Å². The van der Waals surface area contributed by atoms with E-state index in [0.717, 1.165) is 12.2 Å². The lowest BCUT2D eigenvalue weighted by Crippen LogP contribution is -2.59. The number of anilines is 1. The highest BCUT2D eigenvalue weighted by Gasteiger charge is 2.74. The molecule has 37 heavy (non-hydrogen) atoms. The first-order valence-electron chi connectivity index (χ1n) is 13.4. The number of nitrogens with one attached hydrogen (secondary N) is 2. The average molecular weight is 532 g/mol. The lowest BCUT2D eigenvalue weighted by molar-refractivity contribution is -0.142. The molecule has 204 valence electrons. The van der Waals surface area contributed by atoms with E-state index in [9.17, 15) is 19.5 Å². The van der Waals surface area contributed by atoms with Crippen molar-refractivity contribution < 1.29 is 24.2 Å². The summed E-state index contributed by atoms with van der Waals surface area (Å²) in [7, 11) is 0. The van der Waals surface area contributed by atoms with Crippen molar-refractivity contribution in [2.75, 3.05) is 18.5 Å². The number of thioether (sulfide) groups is 1. The van der Waals surface area contributed by atoms with E-state index in [1.807, 2.05) is 53.7 Å². The Morgan fingerprint density at radius 3 is 2.46 bits per heavy atom. The van der Waals surface area contributed by atoms with Crippen LogP contribution in [0.1, 0.15) is 60.8 Å². The second-order valence-corrected chi connectivity index (χ2v) is 13.6. The molecule has 3 heterocycles. The Balaban J connectivity index is 1.66. The van der Waals surface area contributed by atoms with Gasteiger partial charge in [-0.25, -0.2) is 0 Å². The van der Waals surface area contributed by atoms with Crippen LogP contribution in [-0.4, -0.2) is 68.6 Å². The fraction of sp³-hybridized carbons (Fsp3) is 0.679. The number of benzene rings is 1. The molecule has 0 aliphatic carbocycles. The third-order valence-corrected chi connectivity index (χ3v) is 9.52. The maximum atomic E-state index is 14.1. The summed E-state index contributed by atoms with van der Waals surface area (Å²) in [5.41, 5.74) is 0.173. The Morgan fingerprint density at radius 2 is 1.89 bits per heavy atom. The van der Waals surface area contributed by atoms with Crippen LogP contribution in [-0.2, 0) is 14.4 Å². The quantitative estimate of drug-likeness (QED) is 0.451. The molecule has 3 saturated heterocycles. The number of rotatable bonds is 9. The molecule has 8 nitrogen and oxygen atoms in total. The summed E-state index contributed by atoms with van der Waals surface area (Å²) < 4.78 is 4.81. The SMILES string of the molecule is CCOc1ccc(NC(=O)[C@@H]2[C@H]3C(=O)N([C@@H](CO)CC(C)C)C(C(=O)NC(C)(C)C)C34CC[C@H]2S4)cc1. The molecule has 0 aromatic heterocycles. The van der Waals surface area contributed by atoms with Gasteiger partial charge in [-0.15, -0.1) is 11.8 Å². The normalized spacial score (nSPS) is 29.4. The number of carbonyl (C=O) groups is 3. The van der Waals surface area contributed by atoms with Gasteiger partial charge in [-0.2, -0.15) is 0 Å². The summed E-state index contributed by atoms with van der Waals surface area (Å²) >= 11 is 1.64. The molecule has 3 N–H and O–H groups in total. The summed E-state index contributed by atoms with van der Waals surface area (Å²) in [6.45, 7) is 12.1. The molecule has 2 unspecified atom stereocenters. The highest BCUT2D eigenvalue weighted by atomic mass is 32.2. The lowest BCUT2D eigenvalue weighted by atomic mass is 9.70. The molecule has 6 atom stereocenters. The molecular weight excluding hydrogens is 490 g/mol. The molecule has 3 aliphatic rings. The number of amides is 3. The fourth-order valence-corrected chi connectivity index (χ4v) is 8.57. The summed E-state index contributed by atoms with van der Waals surface area (Å²) in [6.07, 6.45) is 2.06. The van der Waals surface area contributed by atoms with Gasteiger partial charge in [-0.3, -0.25) is 14.4 Å². The second-order valence-electron chi connectivity index (χ2n) is 12.0. The van der Waals surface area contributed by atoms with Crippen LogP contribution in [0.15, 0.2) is 24.3 Å². The first kappa shape index (κ1) is 27.8. The van der Waals surface area contributed by atoms with Crippen molar-refractivity contribution >= 4 is 35.2 Å². The number of likely N-dealkylation sites (tertiary alicyclic amines) is 1. The topological polar surface area (TPSA) is 108 Å². The third kappa shape index (κ3) is 5.21. The molecule has 9 heteroatoms. The van der Waals surface area contributed by atoms with Gasteiger partial charge in [0.25, 0.3) is 0 Å². The Morgan fingerprint density at radius 1 is 1.22 bits per heavy atom. The maximum absolute atomic E-state index is 14.1. The van der Waals surface area contributed by atoms with Crippen molar-refractivity contribution in [1.29, 1.82) is 0 Å². The first-order chi connectivity index (χ1) is 17.4. The summed E-state index contributed by atoms with van der Waals surface area (Å²) in [6, 6.07) is 6.01. The molecule has 0 radical (unpaired) electrons. The van der Waals surface area contributed by atoms with E-state index < -0.39 is 34.2 Å². The highest BCUT2D eigenvalue weighted by molar-refractivity contribution is 8.02. The zero-order chi connectivity index (χ0) is 27.1. The van der Waals surface area contributed by atoms with Crippen LogP contribution in [0.4, 0.5) is 5.69 Å². The predicted molar refractivity (Wildman–Crippen MR) is 145 cm³/mol. The minimum Gasteiger partial charge on any atom is -0.494 e. The Labute approximate surface area is 224 Å². The number of carbonyl (C=O) groups excluding carboxylic acids is 3. The van der Waals surface area contributed by atoms with Gasteiger partial charge in [0.05, 0.1) is 35.8 Å². The highest BCUT2D eigenvalue weighted by Crippen LogP contribution is 2.66. The van der Waals surface area contributed by atoms with Gasteiger partial charge in [-0.1, -0.05) is 13.8 Å². The van der Waals surface area contributed by atoms with Crippen LogP contribution in [0.5, 0.6) is 5.75 Å². The zero-order valence-electron chi connectivity index (χ0n) is 22.7. The van der Waals surface area contributed by atoms with Crippen LogP contribution in [0.3, 0.4) is 0 Å². The Hall–Kier alpha value is -2.26. The summed E-state index contributed by atoms with van der Waals surface area (Å²) in [5.74, 6) is -0.757. The largest absolute Gasteiger partial charge is 0.494 e. The van der Waals surface area contributed by atoms with E-state index in [1.54, 1.807) is 28.8 Å². The third-order valence-electron chi connectivity index (χ3n) is 7.57. The number of hydrogen-bond donors (Lipinski definition) is 3. The molecule has 3 amide bonds. The molecule has 3 aliphatic heterocycles. The number of nitrogens with zero attached hydrogens (tertiary/aromatic N) is 1. The number of aliphatic hydroxyl groups is 1. The van der Waals surface area contributed by atoms with Gasteiger partial charge < -0.3 is 25.4 Å². The number of ether oxygens (including phenoxy) is 1. The molecule has 2 bridgehead atoms. The summed E-state index contributed by atoms with van der Waals surface area (Å²) in [5, 5.41) is 16.4. The minimum absolute atomic E-state index is 0.0265. The van der Waals surface area contributed by atoms with Crippen LogP contribution >= 0.6 is 11.8 Å². The van der Waals surface area contributed by atoms with E-state index in [1.165, 1.54) is 0 Å². The Kier molecular flexibility index (Phi) is 7.87. The van der Waals surface area contributed by atoms with Crippen molar-refractivity contribution in [2.45, 2.75) is 88.4 Å². The van der Waals surface area contributed by atoms with E-state index in [2.05, 4.69) is 10.6 Å². The van der Waals surface area contributed by atoms with Crippen molar-refractivity contribution in [1.82, 2.24) is 10.2 Å². The number of aliphatic hydroxyl groups excluding tert-OH is 1. The summed E-state index contributed by atoms with van der Waals surface area (Å²) in [4.78, 5) is 43.2. The lowest BCUT2D eigenvalue weighted by Gasteiger charge is -2.39. The van der Waals surface area contributed by atoms with Gasteiger partial charge in [0.2, 0.25) is 17.7 Å². The number of fused-ring (bicyclic) bond motifs is 1. The maximum Gasteiger partial charge on any atom is 0.244 e. The van der Waals surface area contributed by atoms with Crippen LogP contribution in [0.25, 0.3) is 0 Å². The Bertz CT molecular complexity index is 1020. The molecule has 1 aromatic rings. The van der Waals surface area contributed by atoms with Crippen LogP contribution < -0.4 is 15.4 Å². The van der Waals surface area contributed by atoms with Crippen molar-refractivity contribution in [3.05, 3.63) is 24.3 Å². The second kappa shape index (κ2) is 10.5. The fourth-order valence-electron chi connectivity index (χ4n) is 6.37. The minimum atomic E-state index is -0.724. The number of hydrogen-bond acceptors (Lipinski definition) is 6. The van der Waals surface area contributed by atoms with E-state index in [4.69, 9.17) is 4.74 Å². The van der Waals surface area contributed by atoms with Crippen molar-refractivity contribution in [3.63, 3.8) is 0 Å². The van der Waals surface area contributed by atoms with Crippen molar-refractivity contribution in [3.8, 4) is 5.75 Å². The molecule has 4 rings (SSSR count). The standard InChI is InChI=1S/C28H41N3O5S/c1-7-36-19-10-8-17(9-11-19)29-24(33)21-20-12-13-28(37-20)22(21)26(35)31(18(15-32)14-16(2)3)23(28)25(34)30-27(4,5)6/h8-11,16,18,20-23,32H,7,12-15H2,1-6H3,(H,29,33)(H,30,34)/t18-,20-,21+,22+,23?,28?/m1/s1. The average Bonchev–Trinajstić information content (AvgIpc) is 3.45. The molecule has 0 saturated carbocycles. The smallest absolute Gasteiger partial charge is 0.244 e. The predicted octanol–water partition coefficient (Wildman–Crippen LogP) is 3.44. The van der Waals surface area contributed by atoms with E-state index >= 15 is 0 Å². The molecular formula is C28H41N3O5S. The van der Waals surface area contributed by atoms with E-state index in [-0.39, 0.29) is 35.5 Å². The van der Waals surface area contributed by atoms with Gasteiger partial charge in [-0.05, 0) is 77.1 Å². The van der Waals surface area contributed by atoms with Crippen LogP contribution in [0, 0.1) is 17.8 Å². The van der Waals surface area contributed by atoms with Gasteiger partial charge in [0.15, 0.2) is 0 Å². The zero-order valence-corrected chi connectivity index (χ0v) is 23.6. The van der Waals surface area contributed by atoms with Gasteiger partial charge in [0, 0.05) is 16.5 Å². The monoisotopic (exact) mass is 531 g/mol.